The van der Waals surface area contributed by atoms with Gasteiger partial charge in [-0.1, -0.05) is 33.1 Å². The van der Waals surface area contributed by atoms with Gasteiger partial charge in [-0.15, -0.1) is 0 Å². The minimum Gasteiger partial charge on any atom is -0.435 e. The number of carbonyl (C=O) groups excluding carboxylic acids is 1. The predicted octanol–water partition coefficient (Wildman–Crippen LogP) is 2.88. The highest BCUT2D eigenvalue weighted by Crippen LogP contribution is 2.43. The van der Waals surface area contributed by atoms with E-state index in [2.05, 4.69) is 0 Å². The summed E-state index contributed by atoms with van der Waals surface area (Å²) in [6.07, 6.45) is 5.27. The molecule has 2 fully saturated rings. The van der Waals surface area contributed by atoms with Gasteiger partial charge >= 0.3 is 5.97 Å². The molecule has 0 aromatic heterocycles. The molecule has 0 aromatic rings. The highest BCUT2D eigenvalue weighted by atomic mass is 16.7. The zero-order valence-electron chi connectivity index (χ0n) is 10.5. The van der Waals surface area contributed by atoms with Crippen molar-refractivity contribution in [3.8, 4) is 0 Å². The van der Waals surface area contributed by atoms with E-state index in [9.17, 15) is 4.79 Å². The Bertz CT molecular complexity index is 266. The van der Waals surface area contributed by atoms with E-state index in [-0.39, 0.29) is 29.7 Å². The van der Waals surface area contributed by atoms with Gasteiger partial charge < -0.3 is 9.47 Å². The fourth-order valence-corrected chi connectivity index (χ4v) is 2.76. The maximum Gasteiger partial charge on any atom is 0.313 e. The first kappa shape index (κ1) is 11.9. The van der Waals surface area contributed by atoms with Crippen LogP contribution < -0.4 is 0 Å². The van der Waals surface area contributed by atoms with Crippen LogP contribution in [0.3, 0.4) is 0 Å². The lowest BCUT2D eigenvalue weighted by atomic mass is 9.75. The maximum atomic E-state index is 11.9. The largest absolute Gasteiger partial charge is 0.435 e. The third kappa shape index (κ3) is 1.97. The molecule has 16 heavy (non-hydrogen) atoms. The quantitative estimate of drug-likeness (QED) is 0.645. The molecule has 92 valence electrons. The second-order valence-corrected chi connectivity index (χ2v) is 5.51. The topological polar surface area (TPSA) is 35.5 Å². The zero-order valence-corrected chi connectivity index (χ0v) is 10.5. The molecular formula is C13H22O3. The van der Waals surface area contributed by atoms with E-state index in [1.807, 2.05) is 20.8 Å². The van der Waals surface area contributed by atoms with E-state index in [4.69, 9.17) is 9.47 Å². The lowest BCUT2D eigenvalue weighted by Gasteiger charge is -2.47. The minimum atomic E-state index is -0.346. The Kier molecular flexibility index (Phi) is 3.24. The standard InChI is InChI=1S/C13H22O3/c1-9(2)12-15-11(14)10(3)13(16-12)7-5-4-6-8-13/h9-10,12H,4-8H2,1-3H3. The van der Waals surface area contributed by atoms with E-state index >= 15 is 0 Å². The summed E-state index contributed by atoms with van der Waals surface area (Å²) in [4.78, 5) is 11.9. The molecule has 3 heteroatoms. The third-order valence-corrected chi connectivity index (χ3v) is 3.97. The number of esters is 1. The highest BCUT2D eigenvalue weighted by Gasteiger charge is 2.49. The molecule has 0 bridgehead atoms. The Hall–Kier alpha value is -0.570. The maximum absolute atomic E-state index is 11.9. The van der Waals surface area contributed by atoms with E-state index in [0.29, 0.717) is 0 Å². The first-order chi connectivity index (χ1) is 7.55. The molecule has 2 rings (SSSR count). The van der Waals surface area contributed by atoms with Gasteiger partial charge in [0.05, 0.1) is 11.5 Å². The van der Waals surface area contributed by atoms with E-state index in [1.54, 1.807) is 0 Å². The van der Waals surface area contributed by atoms with Crippen LogP contribution in [0.25, 0.3) is 0 Å². The predicted molar refractivity (Wildman–Crippen MR) is 60.8 cm³/mol. The van der Waals surface area contributed by atoms with Crippen molar-refractivity contribution < 1.29 is 14.3 Å². The van der Waals surface area contributed by atoms with Crippen LogP contribution in [0.1, 0.15) is 52.9 Å². The number of hydrogen-bond acceptors (Lipinski definition) is 3. The Morgan fingerprint density at radius 3 is 2.44 bits per heavy atom. The molecular weight excluding hydrogens is 204 g/mol. The second-order valence-electron chi connectivity index (χ2n) is 5.51. The Morgan fingerprint density at radius 2 is 1.88 bits per heavy atom. The van der Waals surface area contributed by atoms with Crippen LogP contribution >= 0.6 is 0 Å². The van der Waals surface area contributed by atoms with Gasteiger partial charge in [0.1, 0.15) is 0 Å². The van der Waals surface area contributed by atoms with Gasteiger partial charge in [-0.2, -0.15) is 0 Å². The van der Waals surface area contributed by atoms with Crippen LogP contribution in [0, 0.1) is 11.8 Å². The summed E-state index contributed by atoms with van der Waals surface area (Å²) in [6, 6.07) is 0. The smallest absolute Gasteiger partial charge is 0.313 e. The number of hydrogen-bond donors (Lipinski definition) is 0. The van der Waals surface area contributed by atoms with Crippen molar-refractivity contribution in [2.75, 3.05) is 0 Å². The molecule has 3 nitrogen and oxygen atoms in total. The first-order valence-corrected chi connectivity index (χ1v) is 6.43. The average Bonchev–Trinajstić information content (AvgIpc) is 2.26. The lowest BCUT2D eigenvalue weighted by molar-refractivity contribution is -0.280. The summed E-state index contributed by atoms with van der Waals surface area (Å²) in [5.41, 5.74) is -0.234. The summed E-state index contributed by atoms with van der Waals surface area (Å²) in [6.45, 7) is 6.01. The van der Waals surface area contributed by atoms with Crippen LogP contribution in [0.5, 0.6) is 0 Å². The van der Waals surface area contributed by atoms with Crippen LogP contribution in [-0.2, 0) is 14.3 Å². The molecule has 0 amide bonds. The van der Waals surface area contributed by atoms with Crippen molar-refractivity contribution in [2.24, 2.45) is 11.8 Å². The molecule has 0 radical (unpaired) electrons. The van der Waals surface area contributed by atoms with Crippen molar-refractivity contribution in [3.63, 3.8) is 0 Å². The van der Waals surface area contributed by atoms with Crippen molar-refractivity contribution in [2.45, 2.75) is 64.8 Å². The number of ether oxygens (including phenoxy) is 2. The Labute approximate surface area is 97.5 Å². The average molecular weight is 226 g/mol. The van der Waals surface area contributed by atoms with Crippen molar-refractivity contribution >= 4 is 5.97 Å². The number of cyclic esters (lactones) is 1. The monoisotopic (exact) mass is 226 g/mol. The summed E-state index contributed by atoms with van der Waals surface area (Å²) >= 11 is 0. The molecule has 0 aromatic carbocycles. The summed E-state index contributed by atoms with van der Waals surface area (Å²) in [5.74, 6) is 0.0462. The Morgan fingerprint density at radius 1 is 1.25 bits per heavy atom. The molecule has 1 aliphatic carbocycles. The van der Waals surface area contributed by atoms with Crippen molar-refractivity contribution in [1.29, 1.82) is 0 Å². The molecule has 1 aliphatic heterocycles. The van der Waals surface area contributed by atoms with E-state index in [0.717, 1.165) is 12.8 Å². The van der Waals surface area contributed by atoms with Gasteiger partial charge in [-0.3, -0.25) is 4.79 Å². The molecule has 1 saturated heterocycles. The van der Waals surface area contributed by atoms with Gasteiger partial charge in [0.2, 0.25) is 6.29 Å². The molecule has 1 spiro atoms. The summed E-state index contributed by atoms with van der Waals surface area (Å²) < 4.78 is 11.4. The second kappa shape index (κ2) is 4.36. The minimum absolute atomic E-state index is 0.0770. The summed E-state index contributed by atoms with van der Waals surface area (Å²) in [5, 5.41) is 0. The van der Waals surface area contributed by atoms with Gasteiger partial charge in [0.25, 0.3) is 0 Å². The number of carbonyl (C=O) groups is 1. The fraction of sp³-hybridized carbons (Fsp3) is 0.923. The normalized spacial score (nSPS) is 34.1. The first-order valence-electron chi connectivity index (χ1n) is 6.43. The van der Waals surface area contributed by atoms with Crippen molar-refractivity contribution in [1.82, 2.24) is 0 Å². The van der Waals surface area contributed by atoms with Crippen LogP contribution in [0.15, 0.2) is 0 Å². The van der Waals surface area contributed by atoms with Crippen LogP contribution in [0.4, 0.5) is 0 Å². The highest BCUT2D eigenvalue weighted by molar-refractivity contribution is 5.74. The van der Waals surface area contributed by atoms with Crippen LogP contribution in [-0.4, -0.2) is 17.9 Å². The van der Waals surface area contributed by atoms with Gasteiger partial charge in [-0.25, -0.2) is 0 Å². The molecule has 1 saturated carbocycles. The SMILES string of the molecule is CC(C)C1OC(=O)C(C)C2(CCCCC2)O1. The third-order valence-electron chi connectivity index (χ3n) is 3.97. The number of rotatable bonds is 1. The van der Waals surface area contributed by atoms with Gasteiger partial charge in [0.15, 0.2) is 0 Å². The van der Waals surface area contributed by atoms with Crippen LogP contribution in [0.2, 0.25) is 0 Å². The molecule has 0 N–H and O–H groups in total. The van der Waals surface area contributed by atoms with E-state index in [1.165, 1.54) is 19.3 Å². The van der Waals surface area contributed by atoms with Crippen molar-refractivity contribution in [3.05, 3.63) is 0 Å². The summed E-state index contributed by atoms with van der Waals surface area (Å²) in [7, 11) is 0. The van der Waals surface area contributed by atoms with E-state index < -0.39 is 0 Å². The lowest BCUT2D eigenvalue weighted by Crippen LogP contribution is -2.54. The molecule has 2 aliphatic rings. The molecule has 2 atom stereocenters. The fourth-order valence-electron chi connectivity index (χ4n) is 2.76. The molecule has 2 unspecified atom stereocenters. The van der Waals surface area contributed by atoms with Gasteiger partial charge in [0, 0.05) is 5.92 Å². The van der Waals surface area contributed by atoms with Gasteiger partial charge in [-0.05, 0) is 19.8 Å². The Balaban J connectivity index is 2.17. The zero-order chi connectivity index (χ0) is 11.8. The molecule has 1 heterocycles.